The van der Waals surface area contributed by atoms with Crippen molar-refractivity contribution >= 4 is 14.9 Å². The highest BCUT2D eigenvalue weighted by molar-refractivity contribution is 6.55. The zero-order valence-electron chi connectivity index (χ0n) is 9.77. The van der Waals surface area contributed by atoms with Crippen molar-refractivity contribution in [1.29, 1.82) is 0 Å². The lowest BCUT2D eigenvalue weighted by atomic mass is 9.97. The average molecular weight is 241 g/mol. The van der Waals surface area contributed by atoms with E-state index >= 15 is 0 Å². The first-order valence-corrected chi connectivity index (χ1v) is 7.65. The molecule has 0 fully saturated rings. The monoisotopic (exact) mass is 241 g/mol. The Morgan fingerprint density at radius 1 is 1.20 bits per heavy atom. The van der Waals surface area contributed by atoms with E-state index in [0.29, 0.717) is 0 Å². The van der Waals surface area contributed by atoms with Crippen molar-refractivity contribution in [3.8, 4) is 0 Å². The van der Waals surface area contributed by atoms with Crippen LogP contribution in [-0.2, 0) is 4.79 Å². The molecule has 0 radical (unpaired) electrons. The highest BCUT2D eigenvalue weighted by atomic mass is 28.3. The van der Waals surface area contributed by atoms with E-state index in [-0.39, 0.29) is 12.0 Å². The maximum atomic E-state index is 12.3. The molecule has 0 spiro atoms. The second-order valence-electron chi connectivity index (χ2n) is 5.09. The third-order valence-corrected chi connectivity index (χ3v) is 3.44. The molecule has 0 aliphatic heterocycles. The van der Waals surface area contributed by atoms with Gasteiger partial charge in [-0.3, -0.25) is 4.79 Å². The minimum atomic E-state index is -4.75. The number of carbonyl (C=O) groups is 1. The van der Waals surface area contributed by atoms with Gasteiger partial charge in [-0.2, -0.15) is 13.2 Å². The molecule has 0 aromatic rings. The quantitative estimate of drug-likeness (QED) is 0.680. The number of hydrogen-bond acceptors (Lipinski definition) is 1. The summed E-state index contributed by atoms with van der Waals surface area (Å²) in [5.74, 6) is -1.70. The van der Waals surface area contributed by atoms with E-state index < -0.39 is 21.0 Å². The van der Waals surface area contributed by atoms with Crippen LogP contribution >= 0.6 is 0 Å². The van der Waals surface area contributed by atoms with Gasteiger partial charge in [-0.05, 0) is 5.41 Å². The van der Waals surface area contributed by atoms with Gasteiger partial charge in [0.05, 0.1) is 0 Å². The van der Waals surface area contributed by atoms with E-state index in [0.717, 1.165) is 4.57 Å². The molecule has 0 bridgehead atoms. The number of halogens is 3. The van der Waals surface area contributed by atoms with Crippen LogP contribution in [0.2, 0.25) is 13.1 Å². The van der Waals surface area contributed by atoms with Gasteiger partial charge in [-0.1, -0.05) is 33.9 Å². The van der Waals surface area contributed by atoms with Crippen LogP contribution in [0.4, 0.5) is 13.2 Å². The fourth-order valence-electron chi connectivity index (χ4n) is 1.16. The molecule has 2 nitrogen and oxygen atoms in total. The van der Waals surface area contributed by atoms with Gasteiger partial charge >= 0.3 is 12.1 Å². The molecular formula is C9H18F3NOSi. The third-order valence-electron chi connectivity index (χ3n) is 1.77. The number of nitrogens with zero attached hydrogens (tertiary/aromatic N) is 1. The molecular weight excluding hydrogens is 223 g/mol. The number of rotatable bonds is 2. The topological polar surface area (TPSA) is 20.3 Å². The van der Waals surface area contributed by atoms with E-state index in [1.54, 1.807) is 13.1 Å². The highest BCUT2D eigenvalue weighted by Crippen LogP contribution is 2.23. The van der Waals surface area contributed by atoms with Gasteiger partial charge in [0.2, 0.25) is 0 Å². The average Bonchev–Trinajstić information content (AvgIpc) is 1.94. The van der Waals surface area contributed by atoms with Crippen LogP contribution in [0, 0.1) is 5.41 Å². The van der Waals surface area contributed by atoms with Gasteiger partial charge in [0.15, 0.2) is 0 Å². The summed E-state index contributed by atoms with van der Waals surface area (Å²) in [6.45, 7) is 9.06. The van der Waals surface area contributed by atoms with Gasteiger partial charge in [0.25, 0.3) is 0 Å². The maximum absolute atomic E-state index is 12.3. The van der Waals surface area contributed by atoms with Crippen molar-refractivity contribution in [2.45, 2.75) is 40.0 Å². The summed E-state index contributed by atoms with van der Waals surface area (Å²) in [5.41, 5.74) is -0.307. The summed E-state index contributed by atoms with van der Waals surface area (Å²) in [6, 6.07) is 0. The fraction of sp³-hybridized carbons (Fsp3) is 0.889. The van der Waals surface area contributed by atoms with E-state index in [4.69, 9.17) is 0 Å². The Morgan fingerprint density at radius 3 is 1.80 bits per heavy atom. The minimum Gasteiger partial charge on any atom is -0.364 e. The number of carbonyl (C=O) groups excluding carboxylic acids is 1. The molecule has 0 heterocycles. The zero-order chi connectivity index (χ0) is 12.4. The Morgan fingerprint density at radius 2 is 1.60 bits per heavy atom. The van der Waals surface area contributed by atoms with Gasteiger partial charge in [-0.25, -0.2) is 0 Å². The van der Waals surface area contributed by atoms with Gasteiger partial charge < -0.3 is 4.57 Å². The molecule has 0 aromatic heterocycles. The lowest BCUT2D eigenvalue weighted by Gasteiger charge is -2.33. The highest BCUT2D eigenvalue weighted by Gasteiger charge is 2.43. The van der Waals surface area contributed by atoms with Crippen LogP contribution in [0.5, 0.6) is 0 Å². The summed E-state index contributed by atoms with van der Waals surface area (Å²) < 4.78 is 37.8. The maximum Gasteiger partial charge on any atom is 0.470 e. The molecule has 1 amide bonds. The lowest BCUT2D eigenvalue weighted by Crippen LogP contribution is -2.50. The van der Waals surface area contributed by atoms with Crippen LogP contribution in [0.15, 0.2) is 0 Å². The molecule has 0 atom stereocenters. The predicted molar refractivity (Wildman–Crippen MR) is 56.1 cm³/mol. The largest absolute Gasteiger partial charge is 0.470 e. The fourth-order valence-corrected chi connectivity index (χ4v) is 2.69. The molecule has 0 N–H and O–H groups in total. The zero-order valence-corrected chi connectivity index (χ0v) is 10.9. The normalized spacial score (nSPS) is 13.1. The Bertz CT molecular complexity index is 232. The summed E-state index contributed by atoms with van der Waals surface area (Å²) >= 11 is 0. The Hall–Kier alpha value is -0.523. The first-order valence-electron chi connectivity index (χ1n) is 4.83. The van der Waals surface area contributed by atoms with E-state index in [1.807, 2.05) is 20.8 Å². The van der Waals surface area contributed by atoms with Crippen molar-refractivity contribution in [2.75, 3.05) is 6.54 Å². The Balaban J connectivity index is 4.77. The second-order valence-corrected chi connectivity index (χ2v) is 7.90. The van der Waals surface area contributed by atoms with Crippen LogP contribution in [0.3, 0.4) is 0 Å². The molecule has 6 heteroatoms. The van der Waals surface area contributed by atoms with Crippen LogP contribution in [0.1, 0.15) is 20.8 Å². The number of alkyl halides is 3. The van der Waals surface area contributed by atoms with Crippen LogP contribution in [0.25, 0.3) is 0 Å². The van der Waals surface area contributed by atoms with Crippen molar-refractivity contribution in [3.63, 3.8) is 0 Å². The smallest absolute Gasteiger partial charge is 0.364 e. The van der Waals surface area contributed by atoms with Crippen molar-refractivity contribution < 1.29 is 18.0 Å². The first kappa shape index (κ1) is 14.5. The predicted octanol–water partition coefficient (Wildman–Crippen LogP) is 2.41. The molecule has 0 saturated heterocycles. The third kappa shape index (κ3) is 5.20. The molecule has 0 aliphatic rings. The number of amides is 1. The lowest BCUT2D eigenvalue weighted by molar-refractivity contribution is -0.181. The van der Waals surface area contributed by atoms with E-state index in [2.05, 4.69) is 0 Å². The molecule has 0 unspecified atom stereocenters. The van der Waals surface area contributed by atoms with Gasteiger partial charge in [-0.15, -0.1) is 0 Å². The van der Waals surface area contributed by atoms with Crippen LogP contribution < -0.4 is 0 Å². The molecule has 0 aliphatic carbocycles. The molecule has 0 rings (SSSR count). The van der Waals surface area contributed by atoms with E-state index in [1.165, 1.54) is 0 Å². The van der Waals surface area contributed by atoms with Gasteiger partial charge in [0.1, 0.15) is 8.96 Å². The summed E-state index contributed by atoms with van der Waals surface area (Å²) in [4.78, 5) is 11.1. The molecule has 0 aromatic carbocycles. The van der Waals surface area contributed by atoms with Crippen molar-refractivity contribution in [2.24, 2.45) is 5.41 Å². The SMILES string of the molecule is C[SiH](C)N(CC(C)(C)C)C(=O)C(F)(F)F. The Labute approximate surface area is 90.1 Å². The minimum absolute atomic E-state index is 0.162. The van der Waals surface area contributed by atoms with Crippen molar-refractivity contribution in [3.05, 3.63) is 0 Å². The molecule has 0 saturated carbocycles. The van der Waals surface area contributed by atoms with Crippen LogP contribution in [-0.4, -0.2) is 32.2 Å². The standard InChI is InChI=1S/C9H18F3NOSi/c1-8(2,3)6-13(15(4)5)7(14)9(10,11)12/h15H,6H2,1-5H3. The van der Waals surface area contributed by atoms with E-state index in [9.17, 15) is 18.0 Å². The molecule has 90 valence electrons. The number of hydrogen-bond donors (Lipinski definition) is 0. The summed E-state index contributed by atoms with van der Waals surface area (Å²) in [7, 11) is -1.78. The van der Waals surface area contributed by atoms with Crippen molar-refractivity contribution in [1.82, 2.24) is 4.57 Å². The first-order chi connectivity index (χ1) is 6.45. The summed E-state index contributed by atoms with van der Waals surface area (Å²) in [6.07, 6.45) is -4.75. The summed E-state index contributed by atoms with van der Waals surface area (Å²) in [5, 5.41) is 0. The Kier molecular flexibility index (Phi) is 4.39. The second kappa shape index (κ2) is 4.55. The molecule has 15 heavy (non-hydrogen) atoms. The van der Waals surface area contributed by atoms with Gasteiger partial charge in [0, 0.05) is 6.54 Å².